The molecule has 0 saturated carbocycles. The lowest BCUT2D eigenvalue weighted by Gasteiger charge is -1.69. The van der Waals surface area contributed by atoms with Gasteiger partial charge in [-0.15, -0.1) is 0 Å². The average molecular weight is 60.1 g/mol. The third-order valence-corrected chi connectivity index (χ3v) is 0.118. The van der Waals surface area contributed by atoms with E-state index in [4.69, 9.17) is 0 Å². The fraction of sp³-hybridized carbons (Fsp3) is 0.500. The van der Waals surface area contributed by atoms with Gasteiger partial charge in [0.2, 0.25) is 6.61 Å². The van der Waals surface area contributed by atoms with Gasteiger partial charge in [0.1, 0.15) is 0 Å². The summed E-state index contributed by atoms with van der Waals surface area (Å²) in [6.45, 7) is 3.60. The minimum Gasteiger partial charge on any atom is -0.258 e. The molecule has 0 aliphatic carbocycles. The monoisotopic (exact) mass is 60.0 g/mol. The van der Waals surface area contributed by atoms with Crippen LogP contribution in [0.3, 0.4) is 0 Å². The Morgan fingerprint density at radius 1 is 2.00 bits per heavy atom. The van der Waals surface area contributed by atoms with Crippen LogP contribution in [0.2, 0.25) is 0 Å². The molecule has 0 aromatic carbocycles. The smallest absolute Gasteiger partial charge is 0.202 e. The second-order valence-electron chi connectivity index (χ2n) is 0.371. The summed E-state index contributed by atoms with van der Waals surface area (Å²) < 4.78 is 0. The number of rotatable bonds is 1. The zero-order valence-corrected chi connectivity index (χ0v) is 2.40. The van der Waals surface area contributed by atoms with Crippen molar-refractivity contribution in [3.8, 4) is 0 Å². The Morgan fingerprint density at radius 2 is 2.25 bits per heavy atom. The predicted molar refractivity (Wildman–Crippen MR) is 15.5 cm³/mol. The van der Waals surface area contributed by atoms with Gasteiger partial charge in [0.15, 0.2) is 0 Å². The molecule has 0 aliphatic rings. The van der Waals surface area contributed by atoms with Crippen LogP contribution in [0.4, 0.5) is 0 Å². The number of nitrogens with two attached hydrogens (primary N) is 1. The number of hydrogen-bond acceptors (Lipinski definition) is 2. The molecule has 0 spiro atoms. The Balaban J connectivity index is 1.97. The van der Waals surface area contributed by atoms with Crippen molar-refractivity contribution in [3.63, 3.8) is 0 Å². The van der Waals surface area contributed by atoms with Crippen LogP contribution in [0.15, 0.2) is 0 Å². The van der Waals surface area contributed by atoms with Gasteiger partial charge >= 0.3 is 0 Å². The van der Waals surface area contributed by atoms with Crippen molar-refractivity contribution in [2.75, 3.05) is 6.61 Å². The number of hydrogen-bond donors (Lipinski definition) is 1. The van der Waals surface area contributed by atoms with E-state index in [1.54, 1.807) is 0 Å². The Hall–Kier alpha value is -0.210. The summed E-state index contributed by atoms with van der Waals surface area (Å²) >= 11 is 0. The van der Waals surface area contributed by atoms with Gasteiger partial charge in [-0.1, -0.05) is 0 Å². The summed E-state index contributed by atoms with van der Waals surface area (Å²) in [5.41, 5.74) is 0. The fourth-order valence-electron chi connectivity index (χ4n) is 0. The van der Waals surface area contributed by atoms with E-state index in [-0.39, 0.29) is 0 Å². The summed E-state index contributed by atoms with van der Waals surface area (Å²) in [7, 11) is 0. The Labute approximate surface area is 25.5 Å². The van der Waals surface area contributed by atoms with Gasteiger partial charge in [0.05, 0.1) is 6.92 Å². The quantitative estimate of drug-likeness (QED) is 0.333. The molecule has 0 bridgehead atoms. The first-order valence-electron chi connectivity index (χ1n) is 1.02. The molecule has 0 fully saturated rings. The predicted octanol–water partition coefficient (Wildman–Crippen LogP) is -0.289. The lowest BCUT2D eigenvalue weighted by atomic mass is 10.9. The Morgan fingerprint density at radius 3 is 2.25 bits per heavy atom. The lowest BCUT2D eigenvalue weighted by molar-refractivity contribution is 0.166. The minimum atomic E-state index is 0.347. The molecule has 0 saturated heterocycles. The average Bonchev–Trinajstić information content (AvgIpc) is 1.37. The van der Waals surface area contributed by atoms with Gasteiger partial charge in [-0.3, -0.25) is 4.84 Å². The van der Waals surface area contributed by atoms with E-state index in [1.165, 1.54) is 0 Å². The summed E-state index contributed by atoms with van der Waals surface area (Å²) in [6.07, 6.45) is 0. The van der Waals surface area contributed by atoms with Crippen LogP contribution in [0.5, 0.6) is 0 Å². The minimum absolute atomic E-state index is 0.347. The molecule has 4 heavy (non-hydrogen) atoms. The molecule has 2 heteroatoms. The van der Waals surface area contributed by atoms with Crippen LogP contribution in [0.1, 0.15) is 0 Å². The Kier molecular flexibility index (Phi) is 2.64. The summed E-state index contributed by atoms with van der Waals surface area (Å²) in [5.74, 6) is 4.47. The van der Waals surface area contributed by atoms with Crippen molar-refractivity contribution in [1.29, 1.82) is 0 Å². The van der Waals surface area contributed by atoms with Crippen LogP contribution in [-0.4, -0.2) is 6.61 Å². The highest BCUT2D eigenvalue weighted by Gasteiger charge is 1.61. The van der Waals surface area contributed by atoms with E-state index in [2.05, 4.69) is 17.7 Å². The molecule has 24 valence electrons. The van der Waals surface area contributed by atoms with Crippen LogP contribution in [0, 0.1) is 6.92 Å². The molecular formula is C2H6NO+. The lowest BCUT2D eigenvalue weighted by Crippen LogP contribution is -1.95. The first kappa shape index (κ1) is 3.79. The van der Waals surface area contributed by atoms with Gasteiger partial charge in [-0.25, -0.2) is 5.90 Å². The van der Waals surface area contributed by atoms with Crippen LogP contribution in [-0.2, 0) is 4.84 Å². The second kappa shape index (κ2) is 2.79. The van der Waals surface area contributed by atoms with Crippen molar-refractivity contribution < 1.29 is 4.84 Å². The van der Waals surface area contributed by atoms with Gasteiger partial charge in [-0.05, 0) is 0 Å². The van der Waals surface area contributed by atoms with E-state index >= 15 is 0 Å². The van der Waals surface area contributed by atoms with Crippen molar-refractivity contribution in [2.45, 2.75) is 0 Å². The highest BCUT2D eigenvalue weighted by molar-refractivity contribution is 4.19. The molecule has 0 rings (SSSR count). The van der Waals surface area contributed by atoms with E-state index in [9.17, 15) is 0 Å². The topological polar surface area (TPSA) is 35.2 Å². The highest BCUT2D eigenvalue weighted by atomic mass is 16.6. The van der Waals surface area contributed by atoms with Crippen LogP contribution >= 0.6 is 0 Å². The van der Waals surface area contributed by atoms with Gasteiger partial charge in [0.25, 0.3) is 0 Å². The van der Waals surface area contributed by atoms with Crippen molar-refractivity contribution in [1.82, 2.24) is 0 Å². The van der Waals surface area contributed by atoms with Gasteiger partial charge < -0.3 is 0 Å². The SMILES string of the molecule is [CH2+]CON. The standard InChI is InChI=1S/C2H6NO/c1-2-4-3/h1-3H2/q+1. The first-order chi connectivity index (χ1) is 1.91. The molecule has 0 heterocycles. The molecule has 2 N–H and O–H groups in total. The normalized spacial score (nSPS) is 7.25. The summed E-state index contributed by atoms with van der Waals surface area (Å²) in [5, 5.41) is 0. The molecule has 0 unspecified atom stereocenters. The zero-order chi connectivity index (χ0) is 3.41. The fourth-order valence-corrected chi connectivity index (χ4v) is 0. The molecule has 2 nitrogen and oxygen atoms in total. The maximum absolute atomic E-state index is 4.47. The maximum Gasteiger partial charge on any atom is 0.202 e. The van der Waals surface area contributed by atoms with E-state index in [1.807, 2.05) is 0 Å². The van der Waals surface area contributed by atoms with E-state index in [0.717, 1.165) is 0 Å². The largest absolute Gasteiger partial charge is 0.258 e. The van der Waals surface area contributed by atoms with Crippen LogP contribution in [0.25, 0.3) is 0 Å². The maximum atomic E-state index is 4.47. The molecule has 0 amide bonds. The highest BCUT2D eigenvalue weighted by Crippen LogP contribution is 1.44. The third kappa shape index (κ3) is 1.79. The van der Waals surface area contributed by atoms with Crippen LogP contribution < -0.4 is 5.90 Å². The molecule has 0 atom stereocenters. The summed E-state index contributed by atoms with van der Waals surface area (Å²) in [4.78, 5) is 3.93. The second-order valence-corrected chi connectivity index (χ2v) is 0.371. The molecule has 0 aliphatic heterocycles. The zero-order valence-electron chi connectivity index (χ0n) is 2.40. The van der Waals surface area contributed by atoms with Crippen molar-refractivity contribution in [3.05, 3.63) is 6.92 Å². The first-order valence-corrected chi connectivity index (χ1v) is 1.02. The van der Waals surface area contributed by atoms with Crippen molar-refractivity contribution in [2.24, 2.45) is 5.90 Å². The third-order valence-electron chi connectivity index (χ3n) is 0.118. The molecule has 0 aromatic heterocycles. The molecule has 0 aromatic rings. The van der Waals surface area contributed by atoms with Gasteiger partial charge in [0, 0.05) is 0 Å². The Bertz CT molecular complexity index is 8.00. The van der Waals surface area contributed by atoms with E-state index in [0.29, 0.717) is 6.61 Å². The summed E-state index contributed by atoms with van der Waals surface area (Å²) in [6, 6.07) is 0. The molecule has 0 radical (unpaired) electrons. The van der Waals surface area contributed by atoms with Gasteiger partial charge in [-0.2, -0.15) is 0 Å². The van der Waals surface area contributed by atoms with E-state index < -0.39 is 0 Å². The molecular weight excluding hydrogens is 54.0 g/mol. The van der Waals surface area contributed by atoms with Crippen molar-refractivity contribution >= 4 is 0 Å².